The van der Waals surface area contributed by atoms with Gasteiger partial charge in [-0.3, -0.25) is 0 Å². The second kappa shape index (κ2) is 7.04. The van der Waals surface area contributed by atoms with Gasteiger partial charge in [0.2, 0.25) is 0 Å². The number of carboxylic acids is 1. The third-order valence-corrected chi connectivity index (χ3v) is 2.79. The van der Waals surface area contributed by atoms with Crippen molar-refractivity contribution in [2.24, 2.45) is 5.92 Å². The van der Waals surface area contributed by atoms with E-state index in [0.29, 0.717) is 24.5 Å². The molecule has 106 valence electrons. The molecule has 6 heteroatoms. The summed E-state index contributed by atoms with van der Waals surface area (Å²) in [5, 5.41) is 21.0. The van der Waals surface area contributed by atoms with Crippen molar-refractivity contribution in [3.63, 3.8) is 0 Å². The number of carboxylic acid groups (broad SMARTS) is 1. The summed E-state index contributed by atoms with van der Waals surface area (Å²) in [6, 6.07) is 0. The number of aliphatic hydroxyl groups is 1. The Balaban J connectivity index is 2.85. The second-order valence-corrected chi connectivity index (χ2v) is 4.95. The first kappa shape index (κ1) is 15.4. The van der Waals surface area contributed by atoms with Crippen molar-refractivity contribution in [3.05, 3.63) is 17.7 Å². The molecule has 1 aromatic rings. The predicted octanol–water partition coefficient (Wildman–Crippen LogP) is 1.73. The summed E-state index contributed by atoms with van der Waals surface area (Å²) in [5.74, 6) is -0.218. The molecule has 0 spiro atoms. The molecule has 0 radical (unpaired) electrons. The minimum absolute atomic E-state index is 0.00472. The van der Waals surface area contributed by atoms with Gasteiger partial charge in [0, 0.05) is 19.1 Å². The van der Waals surface area contributed by atoms with Crippen molar-refractivity contribution in [2.75, 3.05) is 18.5 Å². The van der Waals surface area contributed by atoms with Crippen LogP contribution in [0.25, 0.3) is 0 Å². The number of aliphatic hydroxyl groups excluding tert-OH is 1. The van der Waals surface area contributed by atoms with Gasteiger partial charge in [0.15, 0.2) is 5.69 Å². The van der Waals surface area contributed by atoms with Crippen molar-refractivity contribution in [3.8, 4) is 0 Å². The fourth-order valence-corrected chi connectivity index (χ4v) is 1.57. The van der Waals surface area contributed by atoms with Crippen LogP contribution in [-0.2, 0) is 0 Å². The number of aromatic carboxylic acids is 1. The Hall–Kier alpha value is -1.69. The van der Waals surface area contributed by atoms with Crippen molar-refractivity contribution in [1.82, 2.24) is 9.97 Å². The average Bonchev–Trinajstić information content (AvgIpc) is 2.36. The van der Waals surface area contributed by atoms with E-state index in [1.807, 2.05) is 20.8 Å². The van der Waals surface area contributed by atoms with Crippen LogP contribution in [-0.4, -0.2) is 39.3 Å². The number of nitrogens with zero attached hydrogens (tertiary/aromatic N) is 2. The Morgan fingerprint density at radius 3 is 2.63 bits per heavy atom. The maximum Gasteiger partial charge on any atom is 0.356 e. The Morgan fingerprint density at radius 2 is 2.11 bits per heavy atom. The molecule has 1 atom stereocenters. The lowest BCUT2D eigenvalue weighted by Crippen LogP contribution is -2.17. The molecular weight excluding hydrogens is 246 g/mol. The average molecular weight is 267 g/mol. The highest BCUT2D eigenvalue weighted by molar-refractivity contribution is 5.91. The molecule has 6 nitrogen and oxygen atoms in total. The molecule has 3 N–H and O–H groups in total. The molecule has 1 aromatic heterocycles. The lowest BCUT2D eigenvalue weighted by atomic mass is 10.1. The smallest absolute Gasteiger partial charge is 0.356 e. The van der Waals surface area contributed by atoms with Crippen LogP contribution in [0.4, 0.5) is 5.69 Å². The molecule has 0 aliphatic carbocycles. The van der Waals surface area contributed by atoms with Gasteiger partial charge >= 0.3 is 5.97 Å². The van der Waals surface area contributed by atoms with Crippen LogP contribution in [0.1, 0.15) is 49.4 Å². The molecule has 0 saturated heterocycles. The van der Waals surface area contributed by atoms with Gasteiger partial charge in [0.25, 0.3) is 0 Å². The highest BCUT2D eigenvalue weighted by atomic mass is 16.4. The fourth-order valence-electron chi connectivity index (χ4n) is 1.57. The highest BCUT2D eigenvalue weighted by Crippen LogP contribution is 2.17. The molecular formula is C13H21N3O3. The molecule has 0 fully saturated rings. The summed E-state index contributed by atoms with van der Waals surface area (Å²) in [4.78, 5) is 19.4. The molecule has 1 rings (SSSR count). The zero-order valence-corrected chi connectivity index (χ0v) is 11.6. The Morgan fingerprint density at radius 1 is 1.42 bits per heavy atom. The van der Waals surface area contributed by atoms with E-state index in [0.717, 1.165) is 0 Å². The van der Waals surface area contributed by atoms with Gasteiger partial charge in [-0.15, -0.1) is 0 Å². The standard InChI is InChI=1S/C13H21N3O3/c1-8(2)12-15-7-10(11(16-12)13(18)19)14-6-9(3)4-5-17/h7-9,14,17H,4-6H2,1-3H3,(H,18,19). The third-order valence-electron chi connectivity index (χ3n) is 2.79. The topological polar surface area (TPSA) is 95.3 Å². The van der Waals surface area contributed by atoms with E-state index < -0.39 is 5.97 Å². The first-order valence-corrected chi connectivity index (χ1v) is 6.40. The van der Waals surface area contributed by atoms with E-state index in [2.05, 4.69) is 15.3 Å². The summed E-state index contributed by atoms with van der Waals surface area (Å²) < 4.78 is 0. The van der Waals surface area contributed by atoms with Crippen molar-refractivity contribution >= 4 is 11.7 Å². The maximum absolute atomic E-state index is 11.2. The van der Waals surface area contributed by atoms with Crippen LogP contribution < -0.4 is 5.32 Å². The number of aromatic nitrogens is 2. The van der Waals surface area contributed by atoms with E-state index in [4.69, 9.17) is 5.11 Å². The lowest BCUT2D eigenvalue weighted by molar-refractivity contribution is 0.0691. The zero-order valence-electron chi connectivity index (χ0n) is 11.6. The molecule has 19 heavy (non-hydrogen) atoms. The number of nitrogens with one attached hydrogen (secondary N) is 1. The Bertz CT molecular complexity index is 435. The van der Waals surface area contributed by atoms with Crippen molar-refractivity contribution < 1.29 is 15.0 Å². The van der Waals surface area contributed by atoms with Gasteiger partial charge in [0.05, 0.1) is 11.9 Å². The van der Waals surface area contributed by atoms with Crippen LogP contribution in [0.15, 0.2) is 6.20 Å². The summed E-state index contributed by atoms with van der Waals surface area (Å²) in [6.07, 6.45) is 2.18. The maximum atomic E-state index is 11.2. The van der Waals surface area contributed by atoms with E-state index >= 15 is 0 Å². The minimum atomic E-state index is -1.07. The van der Waals surface area contributed by atoms with Crippen LogP contribution in [0, 0.1) is 5.92 Å². The summed E-state index contributed by atoms with van der Waals surface area (Å²) in [5.41, 5.74) is 0.414. The van der Waals surface area contributed by atoms with Gasteiger partial charge < -0.3 is 15.5 Å². The predicted molar refractivity (Wildman–Crippen MR) is 72.4 cm³/mol. The van der Waals surface area contributed by atoms with Gasteiger partial charge in [-0.05, 0) is 12.3 Å². The number of carbonyl (C=O) groups is 1. The van der Waals surface area contributed by atoms with Gasteiger partial charge in [-0.25, -0.2) is 14.8 Å². The number of rotatable bonds is 7. The highest BCUT2D eigenvalue weighted by Gasteiger charge is 2.15. The van der Waals surface area contributed by atoms with Crippen molar-refractivity contribution in [1.29, 1.82) is 0 Å². The fraction of sp³-hybridized carbons (Fsp3) is 0.615. The van der Waals surface area contributed by atoms with Crippen molar-refractivity contribution in [2.45, 2.75) is 33.1 Å². The van der Waals surface area contributed by atoms with E-state index in [9.17, 15) is 9.90 Å². The zero-order chi connectivity index (χ0) is 14.4. The summed E-state index contributed by atoms with van der Waals surface area (Å²) in [6.45, 7) is 6.50. The monoisotopic (exact) mass is 267 g/mol. The molecule has 0 saturated carbocycles. The van der Waals surface area contributed by atoms with Crippen LogP contribution >= 0.6 is 0 Å². The number of hydrogen-bond donors (Lipinski definition) is 3. The van der Waals surface area contributed by atoms with Gasteiger partial charge in [0.1, 0.15) is 5.82 Å². The number of hydrogen-bond acceptors (Lipinski definition) is 5. The molecule has 0 amide bonds. The Labute approximate surface area is 112 Å². The van der Waals surface area contributed by atoms with Crippen LogP contribution in [0.5, 0.6) is 0 Å². The van der Waals surface area contributed by atoms with E-state index in [1.165, 1.54) is 6.20 Å². The molecule has 1 heterocycles. The first-order chi connectivity index (χ1) is 8.95. The molecule has 0 bridgehead atoms. The van der Waals surface area contributed by atoms with Crippen LogP contribution in [0.2, 0.25) is 0 Å². The number of anilines is 1. The first-order valence-electron chi connectivity index (χ1n) is 6.40. The van der Waals surface area contributed by atoms with Gasteiger partial charge in [-0.1, -0.05) is 20.8 Å². The SMILES string of the molecule is CC(CCO)CNc1cnc(C(C)C)nc1C(=O)O. The van der Waals surface area contributed by atoms with E-state index in [1.54, 1.807) is 0 Å². The molecule has 0 aliphatic rings. The molecule has 1 unspecified atom stereocenters. The molecule has 0 aromatic carbocycles. The summed E-state index contributed by atoms with van der Waals surface area (Å²) in [7, 11) is 0. The third kappa shape index (κ3) is 4.48. The molecule has 0 aliphatic heterocycles. The summed E-state index contributed by atoms with van der Waals surface area (Å²) >= 11 is 0. The minimum Gasteiger partial charge on any atom is -0.476 e. The van der Waals surface area contributed by atoms with E-state index in [-0.39, 0.29) is 24.1 Å². The quantitative estimate of drug-likeness (QED) is 0.696. The normalized spacial score (nSPS) is 12.5. The second-order valence-electron chi connectivity index (χ2n) is 4.95. The largest absolute Gasteiger partial charge is 0.476 e. The lowest BCUT2D eigenvalue weighted by Gasteiger charge is -2.14. The Kier molecular flexibility index (Phi) is 5.69. The van der Waals surface area contributed by atoms with Gasteiger partial charge in [-0.2, -0.15) is 0 Å². The van der Waals surface area contributed by atoms with Crippen LogP contribution in [0.3, 0.4) is 0 Å².